The highest BCUT2D eigenvalue weighted by Gasteiger charge is 2.41. The molecule has 1 aromatic carbocycles. The Morgan fingerprint density at radius 2 is 2.07 bits per heavy atom. The number of anilines is 2. The van der Waals surface area contributed by atoms with Gasteiger partial charge in [-0.2, -0.15) is 0 Å². The average Bonchev–Trinajstić information content (AvgIpc) is 2.42. The lowest BCUT2D eigenvalue weighted by Gasteiger charge is -2.30. The van der Waals surface area contributed by atoms with Crippen LogP contribution in [0.15, 0.2) is 12.1 Å². The van der Waals surface area contributed by atoms with Gasteiger partial charge in [-0.1, -0.05) is 6.92 Å². The molecule has 3 nitrogen and oxygen atoms in total. The Labute approximate surface area is 88.9 Å². The lowest BCUT2D eigenvalue weighted by atomic mass is 9.77. The second-order valence-electron chi connectivity index (χ2n) is 4.87. The van der Waals surface area contributed by atoms with Crippen molar-refractivity contribution >= 4 is 17.3 Å². The van der Waals surface area contributed by atoms with Gasteiger partial charge in [-0.15, -0.1) is 0 Å². The van der Waals surface area contributed by atoms with Gasteiger partial charge in [-0.3, -0.25) is 4.79 Å². The van der Waals surface area contributed by atoms with Crippen molar-refractivity contribution in [3.05, 3.63) is 23.3 Å². The van der Waals surface area contributed by atoms with Crippen LogP contribution >= 0.6 is 0 Å². The summed E-state index contributed by atoms with van der Waals surface area (Å²) in [7, 11) is 0. The predicted octanol–water partition coefficient (Wildman–Crippen LogP) is 2.02. The largest absolute Gasteiger partial charge is 0.384 e. The van der Waals surface area contributed by atoms with Crippen LogP contribution in [0.2, 0.25) is 0 Å². The van der Waals surface area contributed by atoms with Crippen LogP contribution in [-0.2, 0) is 10.2 Å². The van der Waals surface area contributed by atoms with Gasteiger partial charge in [0.25, 0.3) is 0 Å². The summed E-state index contributed by atoms with van der Waals surface area (Å²) < 4.78 is 0. The number of carbonyl (C=O) groups excluding carboxylic acids is 1. The summed E-state index contributed by atoms with van der Waals surface area (Å²) in [5.74, 6) is 0.130. The Kier molecular flexibility index (Phi) is 1.48. The zero-order chi connectivity index (χ0) is 10.6. The minimum Gasteiger partial charge on any atom is -0.384 e. The van der Waals surface area contributed by atoms with Crippen LogP contribution in [0.25, 0.3) is 0 Å². The van der Waals surface area contributed by atoms with Gasteiger partial charge in [-0.25, -0.2) is 0 Å². The van der Waals surface area contributed by atoms with E-state index in [0.29, 0.717) is 6.42 Å². The van der Waals surface area contributed by atoms with Crippen molar-refractivity contribution in [1.82, 2.24) is 0 Å². The molecular weight excluding hydrogens is 188 g/mol. The summed E-state index contributed by atoms with van der Waals surface area (Å²) in [6, 6.07) is 4.21. The number of amides is 1. The summed E-state index contributed by atoms with van der Waals surface area (Å²) >= 11 is 0. The third kappa shape index (κ3) is 1.09. The number of hydrogen-bond donors (Lipinski definition) is 2. The maximum Gasteiger partial charge on any atom is 0.225 e. The molecule has 0 spiro atoms. The molecule has 2 N–H and O–H groups in total. The summed E-state index contributed by atoms with van der Waals surface area (Å²) in [6.45, 7) is 5.07. The minimum absolute atomic E-state index is 0.0132. The summed E-state index contributed by atoms with van der Waals surface area (Å²) in [6.07, 6.45) is 0.586. The standard InChI is InChI=1S/C12H14N2O/c1-7-3-8-11-9(4-7)14-10(15)5-12(11,2)6-13-8/h3-4,13H,5-6H2,1-2H3,(H,14,15). The van der Waals surface area contributed by atoms with E-state index < -0.39 is 0 Å². The van der Waals surface area contributed by atoms with Gasteiger partial charge in [0.2, 0.25) is 5.91 Å². The first-order chi connectivity index (χ1) is 7.08. The monoisotopic (exact) mass is 202 g/mol. The van der Waals surface area contributed by atoms with E-state index in [0.717, 1.165) is 12.2 Å². The van der Waals surface area contributed by atoms with Crippen molar-refractivity contribution in [2.24, 2.45) is 0 Å². The maximum atomic E-state index is 11.6. The van der Waals surface area contributed by atoms with Gasteiger partial charge in [0.15, 0.2) is 0 Å². The molecule has 15 heavy (non-hydrogen) atoms. The highest BCUT2D eigenvalue weighted by molar-refractivity contribution is 5.98. The molecule has 0 radical (unpaired) electrons. The van der Waals surface area contributed by atoms with Crippen LogP contribution in [0.1, 0.15) is 24.5 Å². The number of aryl methyl sites for hydroxylation is 1. The van der Waals surface area contributed by atoms with Gasteiger partial charge in [0.05, 0.1) is 0 Å². The first-order valence-corrected chi connectivity index (χ1v) is 5.27. The Hall–Kier alpha value is -1.51. The van der Waals surface area contributed by atoms with E-state index in [4.69, 9.17) is 0 Å². The number of carbonyl (C=O) groups is 1. The van der Waals surface area contributed by atoms with Gasteiger partial charge in [0, 0.05) is 35.3 Å². The zero-order valence-electron chi connectivity index (χ0n) is 8.98. The molecule has 2 heterocycles. The van der Waals surface area contributed by atoms with E-state index in [2.05, 4.69) is 36.6 Å². The van der Waals surface area contributed by atoms with Crippen molar-refractivity contribution in [3.63, 3.8) is 0 Å². The van der Waals surface area contributed by atoms with Crippen LogP contribution in [0.5, 0.6) is 0 Å². The fraction of sp³-hybridized carbons (Fsp3) is 0.417. The molecular formula is C12H14N2O. The quantitative estimate of drug-likeness (QED) is 0.675. The molecule has 78 valence electrons. The van der Waals surface area contributed by atoms with Crippen LogP contribution < -0.4 is 10.6 Å². The highest BCUT2D eigenvalue weighted by atomic mass is 16.1. The number of nitrogens with one attached hydrogen (secondary N) is 2. The van der Waals surface area contributed by atoms with Gasteiger partial charge in [-0.05, 0) is 24.6 Å². The van der Waals surface area contributed by atoms with Gasteiger partial charge < -0.3 is 10.6 Å². The van der Waals surface area contributed by atoms with E-state index in [1.54, 1.807) is 0 Å². The van der Waals surface area contributed by atoms with E-state index >= 15 is 0 Å². The zero-order valence-corrected chi connectivity index (χ0v) is 8.98. The Balaban J connectivity index is 2.28. The fourth-order valence-corrected chi connectivity index (χ4v) is 2.75. The van der Waals surface area contributed by atoms with Gasteiger partial charge >= 0.3 is 0 Å². The molecule has 2 aliphatic heterocycles. The molecule has 3 heteroatoms. The van der Waals surface area contributed by atoms with Crippen molar-refractivity contribution in [1.29, 1.82) is 0 Å². The summed E-state index contributed by atoms with van der Waals surface area (Å²) in [5.41, 5.74) is 4.64. The lowest BCUT2D eigenvalue weighted by Crippen LogP contribution is -2.35. The molecule has 1 amide bonds. The molecule has 2 aliphatic rings. The topological polar surface area (TPSA) is 41.1 Å². The third-order valence-electron chi connectivity index (χ3n) is 3.38. The van der Waals surface area contributed by atoms with E-state index in [-0.39, 0.29) is 11.3 Å². The normalized spacial score (nSPS) is 26.9. The highest BCUT2D eigenvalue weighted by Crippen LogP contribution is 2.46. The molecule has 0 aromatic heterocycles. The Bertz CT molecular complexity index is 467. The molecule has 3 rings (SSSR count). The number of benzene rings is 1. The first kappa shape index (κ1) is 8.77. The van der Waals surface area contributed by atoms with E-state index in [1.165, 1.54) is 16.8 Å². The number of rotatable bonds is 0. The molecule has 0 saturated carbocycles. The minimum atomic E-state index is -0.0132. The number of hydrogen-bond acceptors (Lipinski definition) is 2. The molecule has 0 aliphatic carbocycles. The Morgan fingerprint density at radius 1 is 1.33 bits per heavy atom. The molecule has 1 atom stereocenters. The van der Waals surface area contributed by atoms with Crippen LogP contribution in [0.4, 0.5) is 11.4 Å². The third-order valence-corrected chi connectivity index (χ3v) is 3.38. The van der Waals surface area contributed by atoms with Crippen LogP contribution in [0.3, 0.4) is 0 Å². The van der Waals surface area contributed by atoms with Crippen LogP contribution in [0, 0.1) is 6.92 Å². The lowest BCUT2D eigenvalue weighted by molar-refractivity contribution is -0.117. The van der Waals surface area contributed by atoms with Crippen molar-refractivity contribution in [3.8, 4) is 0 Å². The SMILES string of the molecule is Cc1cc2c3c(c1)NC(=O)CC3(C)CN2. The second kappa shape index (κ2) is 2.54. The summed E-state index contributed by atoms with van der Waals surface area (Å²) in [4.78, 5) is 11.6. The average molecular weight is 202 g/mol. The van der Waals surface area contributed by atoms with Crippen molar-refractivity contribution < 1.29 is 4.79 Å². The van der Waals surface area contributed by atoms with Crippen molar-refractivity contribution in [2.45, 2.75) is 25.7 Å². The molecule has 0 bridgehead atoms. The smallest absolute Gasteiger partial charge is 0.225 e. The molecule has 1 aromatic rings. The fourth-order valence-electron chi connectivity index (χ4n) is 2.75. The van der Waals surface area contributed by atoms with E-state index in [9.17, 15) is 4.79 Å². The Morgan fingerprint density at radius 3 is 2.87 bits per heavy atom. The molecule has 0 saturated heterocycles. The van der Waals surface area contributed by atoms with Crippen LogP contribution in [-0.4, -0.2) is 12.5 Å². The maximum absolute atomic E-state index is 11.6. The first-order valence-electron chi connectivity index (χ1n) is 5.27. The second-order valence-corrected chi connectivity index (χ2v) is 4.87. The van der Waals surface area contributed by atoms with Crippen molar-refractivity contribution in [2.75, 3.05) is 17.2 Å². The molecule has 0 fully saturated rings. The molecule has 1 unspecified atom stereocenters. The van der Waals surface area contributed by atoms with E-state index in [1.807, 2.05) is 0 Å². The summed E-state index contributed by atoms with van der Waals surface area (Å²) in [5, 5.41) is 6.35. The predicted molar refractivity (Wildman–Crippen MR) is 60.3 cm³/mol. The van der Waals surface area contributed by atoms with Gasteiger partial charge in [0.1, 0.15) is 0 Å².